The van der Waals surface area contributed by atoms with Gasteiger partial charge in [0, 0.05) is 18.4 Å². The van der Waals surface area contributed by atoms with Gasteiger partial charge >= 0.3 is 0 Å². The molecular formula is C11H14N6O. The Hall–Kier alpha value is -2.44. The summed E-state index contributed by atoms with van der Waals surface area (Å²) in [5.74, 6) is -0.0724. The molecule has 0 aliphatic heterocycles. The van der Waals surface area contributed by atoms with Gasteiger partial charge in [-0.1, -0.05) is 0 Å². The molecule has 1 atom stereocenters. The minimum Gasteiger partial charge on any atom is -0.382 e. The zero-order valence-electron chi connectivity index (χ0n) is 9.95. The molecule has 1 amide bonds. The first-order chi connectivity index (χ1) is 8.65. The van der Waals surface area contributed by atoms with Crippen LogP contribution in [0.5, 0.6) is 0 Å². The highest BCUT2D eigenvalue weighted by Gasteiger charge is 2.12. The van der Waals surface area contributed by atoms with E-state index in [4.69, 9.17) is 5.73 Å². The number of anilines is 1. The van der Waals surface area contributed by atoms with Crippen LogP contribution in [0.3, 0.4) is 0 Å². The fourth-order valence-electron chi connectivity index (χ4n) is 1.52. The van der Waals surface area contributed by atoms with Crippen LogP contribution in [0.4, 0.5) is 5.82 Å². The number of carbonyl (C=O) groups is 1. The van der Waals surface area contributed by atoms with Crippen LogP contribution in [0.2, 0.25) is 0 Å². The van der Waals surface area contributed by atoms with Crippen molar-refractivity contribution in [2.24, 2.45) is 0 Å². The van der Waals surface area contributed by atoms with Crippen molar-refractivity contribution in [3.63, 3.8) is 0 Å². The summed E-state index contributed by atoms with van der Waals surface area (Å²) < 4.78 is 1.75. The molecule has 7 heteroatoms. The number of hydrogen-bond acceptors (Lipinski definition) is 5. The van der Waals surface area contributed by atoms with E-state index in [0.717, 1.165) is 0 Å². The van der Waals surface area contributed by atoms with E-state index in [0.29, 0.717) is 6.54 Å². The van der Waals surface area contributed by atoms with E-state index in [9.17, 15) is 4.79 Å². The first-order valence-electron chi connectivity index (χ1n) is 5.51. The smallest absolute Gasteiger partial charge is 0.271 e. The van der Waals surface area contributed by atoms with Crippen LogP contribution in [0, 0.1) is 0 Å². The van der Waals surface area contributed by atoms with Gasteiger partial charge in [0.1, 0.15) is 11.5 Å². The zero-order chi connectivity index (χ0) is 13.0. The quantitative estimate of drug-likeness (QED) is 0.795. The van der Waals surface area contributed by atoms with Gasteiger partial charge < -0.3 is 11.1 Å². The minimum absolute atomic E-state index is 0.0689. The number of nitrogen functional groups attached to an aromatic ring is 1. The van der Waals surface area contributed by atoms with Crippen molar-refractivity contribution in [3.05, 3.63) is 36.5 Å². The Bertz CT molecular complexity index is 524. The molecule has 2 heterocycles. The highest BCUT2D eigenvalue weighted by molar-refractivity contribution is 5.92. The fourth-order valence-corrected chi connectivity index (χ4v) is 1.52. The Morgan fingerprint density at radius 1 is 1.56 bits per heavy atom. The molecule has 0 fully saturated rings. The standard InChI is InChI=1S/C11H14N6O/c1-8(7-17-4-2-3-14-17)15-11(18)9-5-13-6-10(12)16-9/h2-6,8H,7H2,1H3,(H2,12,16)(H,15,18). The van der Waals surface area contributed by atoms with Gasteiger partial charge in [-0.25, -0.2) is 4.98 Å². The van der Waals surface area contributed by atoms with Crippen LogP contribution < -0.4 is 11.1 Å². The molecule has 0 spiro atoms. The first kappa shape index (κ1) is 12.0. The summed E-state index contributed by atoms with van der Waals surface area (Å²) in [7, 11) is 0. The normalized spacial score (nSPS) is 12.1. The molecule has 7 nitrogen and oxygen atoms in total. The lowest BCUT2D eigenvalue weighted by Gasteiger charge is -2.13. The topological polar surface area (TPSA) is 98.7 Å². The number of nitrogens with two attached hydrogens (primary N) is 1. The molecule has 2 aromatic heterocycles. The van der Waals surface area contributed by atoms with Crippen molar-refractivity contribution in [2.75, 3.05) is 5.73 Å². The van der Waals surface area contributed by atoms with Crippen molar-refractivity contribution in [1.29, 1.82) is 0 Å². The second-order valence-electron chi connectivity index (χ2n) is 3.93. The number of carbonyl (C=O) groups excluding carboxylic acids is 1. The Kier molecular flexibility index (Phi) is 3.52. The van der Waals surface area contributed by atoms with Gasteiger partial charge in [-0.2, -0.15) is 5.10 Å². The summed E-state index contributed by atoms with van der Waals surface area (Å²) in [6.45, 7) is 2.48. The number of nitrogens with zero attached hydrogens (tertiary/aromatic N) is 4. The van der Waals surface area contributed by atoms with Gasteiger partial charge in [-0.15, -0.1) is 0 Å². The highest BCUT2D eigenvalue weighted by atomic mass is 16.1. The number of rotatable bonds is 4. The van der Waals surface area contributed by atoms with E-state index in [1.807, 2.05) is 19.2 Å². The monoisotopic (exact) mass is 246 g/mol. The lowest BCUT2D eigenvalue weighted by molar-refractivity contribution is 0.0930. The average molecular weight is 246 g/mol. The van der Waals surface area contributed by atoms with E-state index in [-0.39, 0.29) is 23.5 Å². The molecule has 1 unspecified atom stereocenters. The summed E-state index contributed by atoms with van der Waals surface area (Å²) in [6.07, 6.45) is 6.30. The van der Waals surface area contributed by atoms with E-state index in [1.54, 1.807) is 10.9 Å². The number of hydrogen-bond donors (Lipinski definition) is 2. The van der Waals surface area contributed by atoms with E-state index in [1.165, 1.54) is 12.4 Å². The molecule has 3 N–H and O–H groups in total. The molecule has 0 saturated carbocycles. The Labute approximate surface area is 104 Å². The Morgan fingerprint density at radius 2 is 2.39 bits per heavy atom. The third-order valence-corrected chi connectivity index (χ3v) is 2.28. The minimum atomic E-state index is -0.297. The van der Waals surface area contributed by atoms with Crippen molar-refractivity contribution in [2.45, 2.75) is 19.5 Å². The SMILES string of the molecule is CC(Cn1cccn1)NC(=O)c1cncc(N)n1. The van der Waals surface area contributed by atoms with Gasteiger partial charge in [-0.05, 0) is 13.0 Å². The molecular weight excluding hydrogens is 232 g/mol. The van der Waals surface area contributed by atoms with Crippen LogP contribution in [-0.2, 0) is 6.54 Å². The molecule has 0 bridgehead atoms. The Balaban J connectivity index is 1.95. The molecule has 2 rings (SSSR count). The molecule has 0 radical (unpaired) electrons. The highest BCUT2D eigenvalue weighted by Crippen LogP contribution is 1.98. The summed E-state index contributed by atoms with van der Waals surface area (Å²) in [4.78, 5) is 19.6. The lowest BCUT2D eigenvalue weighted by Crippen LogP contribution is -2.36. The Morgan fingerprint density at radius 3 is 3.06 bits per heavy atom. The van der Waals surface area contributed by atoms with Crippen molar-refractivity contribution >= 4 is 11.7 Å². The van der Waals surface area contributed by atoms with E-state index < -0.39 is 0 Å². The summed E-state index contributed by atoms with van der Waals surface area (Å²) in [5.41, 5.74) is 5.68. The zero-order valence-corrected chi connectivity index (χ0v) is 9.95. The van der Waals surface area contributed by atoms with Crippen LogP contribution in [0.15, 0.2) is 30.9 Å². The van der Waals surface area contributed by atoms with Gasteiger partial charge in [0.2, 0.25) is 0 Å². The maximum Gasteiger partial charge on any atom is 0.271 e. The molecule has 94 valence electrons. The molecule has 0 aliphatic carbocycles. The van der Waals surface area contributed by atoms with Crippen LogP contribution in [0.1, 0.15) is 17.4 Å². The van der Waals surface area contributed by atoms with Gasteiger partial charge in [-0.3, -0.25) is 14.5 Å². The van der Waals surface area contributed by atoms with E-state index >= 15 is 0 Å². The number of nitrogens with one attached hydrogen (secondary N) is 1. The maximum atomic E-state index is 11.8. The van der Waals surface area contributed by atoms with E-state index in [2.05, 4.69) is 20.4 Å². The second kappa shape index (κ2) is 5.26. The molecule has 18 heavy (non-hydrogen) atoms. The largest absolute Gasteiger partial charge is 0.382 e. The van der Waals surface area contributed by atoms with Crippen LogP contribution in [0.25, 0.3) is 0 Å². The van der Waals surface area contributed by atoms with Crippen molar-refractivity contribution in [1.82, 2.24) is 25.1 Å². The maximum absolute atomic E-state index is 11.8. The third kappa shape index (κ3) is 3.03. The predicted molar refractivity (Wildman–Crippen MR) is 65.6 cm³/mol. The number of amides is 1. The third-order valence-electron chi connectivity index (χ3n) is 2.28. The van der Waals surface area contributed by atoms with Gasteiger partial charge in [0.15, 0.2) is 0 Å². The molecule has 2 aromatic rings. The van der Waals surface area contributed by atoms with Gasteiger partial charge in [0.25, 0.3) is 5.91 Å². The first-order valence-corrected chi connectivity index (χ1v) is 5.51. The average Bonchev–Trinajstić information content (AvgIpc) is 2.81. The van der Waals surface area contributed by atoms with Crippen molar-refractivity contribution in [3.8, 4) is 0 Å². The van der Waals surface area contributed by atoms with Crippen molar-refractivity contribution < 1.29 is 4.79 Å². The fraction of sp³-hybridized carbons (Fsp3) is 0.273. The molecule has 0 saturated heterocycles. The number of aromatic nitrogens is 4. The van der Waals surface area contributed by atoms with Gasteiger partial charge in [0.05, 0.1) is 18.9 Å². The molecule has 0 aliphatic rings. The van der Waals surface area contributed by atoms with Crippen LogP contribution in [-0.4, -0.2) is 31.7 Å². The summed E-state index contributed by atoms with van der Waals surface area (Å²) >= 11 is 0. The van der Waals surface area contributed by atoms with Crippen LogP contribution >= 0.6 is 0 Å². The summed E-state index contributed by atoms with van der Waals surface area (Å²) in [6, 6.07) is 1.76. The predicted octanol–water partition coefficient (Wildman–Crippen LogP) is 0.0738. The summed E-state index contributed by atoms with van der Waals surface area (Å²) in [5, 5.41) is 6.87. The second-order valence-corrected chi connectivity index (χ2v) is 3.93. The molecule has 0 aromatic carbocycles. The lowest BCUT2D eigenvalue weighted by atomic mass is 10.3.